The van der Waals surface area contributed by atoms with Gasteiger partial charge in [-0.05, 0) is 32.0 Å². The minimum Gasteiger partial charge on any atom is -0.507 e. The summed E-state index contributed by atoms with van der Waals surface area (Å²) in [6.45, 7) is 3.81. The first-order valence-electron chi connectivity index (χ1n) is 9.85. The summed E-state index contributed by atoms with van der Waals surface area (Å²) in [4.78, 5) is 27.1. The normalized spacial score (nSPS) is 18.0. The van der Waals surface area contributed by atoms with Gasteiger partial charge in [0.15, 0.2) is 0 Å². The molecule has 0 radical (unpaired) electrons. The number of aliphatic hydroxyl groups excluding tert-OH is 1. The maximum absolute atomic E-state index is 14.8. The zero-order chi connectivity index (χ0) is 23.6. The number of aliphatic hydroxyl groups is 1. The molecule has 2 aromatic rings. The number of likely N-dealkylation sites (tertiary alicyclic amines) is 1. The molecule has 6 nitrogen and oxygen atoms in total. The van der Waals surface area contributed by atoms with Gasteiger partial charge in [0.2, 0.25) is 0 Å². The fraction of sp³-hybridized carbons (Fsp3) is 0.304. The van der Waals surface area contributed by atoms with Crippen molar-refractivity contribution in [2.45, 2.75) is 26.0 Å². The molecule has 1 heterocycles. The van der Waals surface area contributed by atoms with E-state index < -0.39 is 29.3 Å². The minimum atomic E-state index is -1.17. The van der Waals surface area contributed by atoms with Crippen LogP contribution in [0.25, 0.3) is 5.76 Å². The summed E-state index contributed by atoms with van der Waals surface area (Å²) < 4.78 is 25.6. The molecule has 0 bridgehead atoms. The molecule has 2 aromatic carbocycles. The summed E-state index contributed by atoms with van der Waals surface area (Å²) in [6, 6.07) is 7.35. The molecular weight excluding hydrogens is 460 g/mol. The topological polar surface area (TPSA) is 76.1 Å². The third-order valence-corrected chi connectivity index (χ3v) is 5.49. The summed E-state index contributed by atoms with van der Waals surface area (Å²) in [5, 5.41) is 11.4. The Bertz CT molecular complexity index is 1090. The van der Waals surface area contributed by atoms with Gasteiger partial charge in [-0.1, -0.05) is 41.4 Å². The second kappa shape index (κ2) is 9.90. The van der Waals surface area contributed by atoms with Crippen molar-refractivity contribution in [3.8, 4) is 5.75 Å². The van der Waals surface area contributed by atoms with E-state index in [0.717, 1.165) is 0 Å². The highest BCUT2D eigenvalue weighted by atomic mass is 35.5. The lowest BCUT2D eigenvalue weighted by Gasteiger charge is -2.26. The number of methoxy groups -OCH3 is 1. The Kier molecular flexibility index (Phi) is 7.44. The van der Waals surface area contributed by atoms with Gasteiger partial charge in [0, 0.05) is 17.1 Å². The van der Waals surface area contributed by atoms with Crippen LogP contribution in [-0.2, 0) is 14.3 Å². The number of Topliss-reactive ketones (excluding diaryl/α,β-unsaturated/α-hetero) is 1. The van der Waals surface area contributed by atoms with Crippen LogP contribution in [0.2, 0.25) is 10.0 Å². The predicted octanol–water partition coefficient (Wildman–Crippen LogP) is 4.99. The lowest BCUT2D eigenvalue weighted by atomic mass is 9.94. The van der Waals surface area contributed by atoms with Crippen LogP contribution in [0.3, 0.4) is 0 Å². The van der Waals surface area contributed by atoms with Gasteiger partial charge in [0.05, 0.1) is 42.0 Å². The van der Waals surface area contributed by atoms with Crippen LogP contribution < -0.4 is 4.74 Å². The molecule has 0 saturated carbocycles. The molecule has 1 unspecified atom stereocenters. The van der Waals surface area contributed by atoms with Gasteiger partial charge in [-0.15, -0.1) is 0 Å². The molecular formula is C23H22Cl2FNO5. The summed E-state index contributed by atoms with van der Waals surface area (Å²) >= 11 is 12.3. The monoisotopic (exact) mass is 481 g/mol. The number of ether oxygens (including phenoxy) is 2. The molecule has 1 fully saturated rings. The van der Waals surface area contributed by atoms with Crippen molar-refractivity contribution in [3.63, 3.8) is 0 Å². The average Bonchev–Trinajstić information content (AvgIpc) is 2.97. The smallest absolute Gasteiger partial charge is 0.295 e. The van der Waals surface area contributed by atoms with Gasteiger partial charge in [-0.25, -0.2) is 4.39 Å². The van der Waals surface area contributed by atoms with Gasteiger partial charge in [-0.2, -0.15) is 0 Å². The van der Waals surface area contributed by atoms with Crippen molar-refractivity contribution in [3.05, 3.63) is 69.0 Å². The van der Waals surface area contributed by atoms with Gasteiger partial charge >= 0.3 is 0 Å². The first-order valence-corrected chi connectivity index (χ1v) is 10.6. The maximum atomic E-state index is 14.8. The van der Waals surface area contributed by atoms with Crippen LogP contribution in [0.5, 0.6) is 5.75 Å². The van der Waals surface area contributed by atoms with E-state index in [4.69, 9.17) is 32.7 Å². The fourth-order valence-corrected chi connectivity index (χ4v) is 4.18. The number of nitrogens with zero attached hydrogens (tertiary/aromatic N) is 1. The molecule has 1 saturated heterocycles. The summed E-state index contributed by atoms with van der Waals surface area (Å²) in [6.07, 6.45) is -0.100. The predicted molar refractivity (Wildman–Crippen MR) is 120 cm³/mol. The van der Waals surface area contributed by atoms with Gasteiger partial charge in [0.25, 0.3) is 11.7 Å². The second-order valence-corrected chi connectivity index (χ2v) is 8.25. The number of halogens is 3. The van der Waals surface area contributed by atoms with Crippen molar-refractivity contribution in [1.29, 1.82) is 0 Å². The fourth-order valence-electron chi connectivity index (χ4n) is 3.61. The molecule has 0 spiro atoms. The summed E-state index contributed by atoms with van der Waals surface area (Å²) in [7, 11) is 1.34. The quantitative estimate of drug-likeness (QED) is 0.342. The highest BCUT2D eigenvalue weighted by molar-refractivity contribution is 6.46. The van der Waals surface area contributed by atoms with E-state index in [-0.39, 0.29) is 51.8 Å². The standard InChI is InChI=1S/C23H22Cl2FNO5/c1-12(2)32-9-8-27-19(14-6-4-5-7-17(14)26)18(21(29)23(27)30)20(28)15-10-13(24)11-16(25)22(15)31-3/h4-7,10-12,19,28H,8-9H2,1-3H3/b20-18+. The molecule has 9 heteroatoms. The molecule has 1 aliphatic rings. The Morgan fingerprint density at radius 2 is 1.91 bits per heavy atom. The molecule has 1 atom stereocenters. The molecule has 0 aromatic heterocycles. The second-order valence-electron chi connectivity index (χ2n) is 7.40. The Labute approximate surface area is 195 Å². The third-order valence-electron chi connectivity index (χ3n) is 4.99. The maximum Gasteiger partial charge on any atom is 0.295 e. The largest absolute Gasteiger partial charge is 0.507 e. The minimum absolute atomic E-state index is 0.0165. The highest BCUT2D eigenvalue weighted by Gasteiger charge is 2.47. The lowest BCUT2D eigenvalue weighted by molar-refractivity contribution is -0.140. The van der Waals surface area contributed by atoms with Crippen LogP contribution in [0.15, 0.2) is 42.0 Å². The van der Waals surface area contributed by atoms with Crippen LogP contribution in [0.4, 0.5) is 4.39 Å². The Hall–Kier alpha value is -2.61. The van der Waals surface area contributed by atoms with Gasteiger partial charge < -0.3 is 19.5 Å². The number of rotatable bonds is 7. The molecule has 3 rings (SSSR count). The van der Waals surface area contributed by atoms with E-state index in [9.17, 15) is 19.1 Å². The number of hydrogen-bond acceptors (Lipinski definition) is 5. The van der Waals surface area contributed by atoms with Crippen LogP contribution in [-0.4, -0.2) is 48.1 Å². The van der Waals surface area contributed by atoms with Crippen LogP contribution >= 0.6 is 23.2 Å². The Morgan fingerprint density at radius 3 is 2.53 bits per heavy atom. The van der Waals surface area contributed by atoms with Gasteiger partial charge in [-0.3, -0.25) is 9.59 Å². The first-order chi connectivity index (χ1) is 15.2. The summed E-state index contributed by atoms with van der Waals surface area (Å²) in [5.41, 5.74) is -0.214. The molecule has 1 amide bonds. The van der Waals surface area contributed by atoms with E-state index >= 15 is 0 Å². The summed E-state index contributed by atoms with van der Waals surface area (Å²) in [5.74, 6) is -2.96. The molecule has 0 aliphatic carbocycles. The zero-order valence-electron chi connectivity index (χ0n) is 17.7. The number of benzene rings is 2. The Balaban J connectivity index is 2.21. The van der Waals surface area contributed by atoms with Crippen molar-refractivity contribution in [2.75, 3.05) is 20.3 Å². The number of carbonyl (C=O) groups excluding carboxylic acids is 2. The van der Waals surface area contributed by atoms with Crippen molar-refractivity contribution >= 4 is 40.7 Å². The number of hydrogen-bond donors (Lipinski definition) is 1. The van der Waals surface area contributed by atoms with E-state index in [0.29, 0.717) is 0 Å². The Morgan fingerprint density at radius 1 is 1.22 bits per heavy atom. The van der Waals surface area contributed by atoms with E-state index in [1.54, 1.807) is 6.07 Å². The average molecular weight is 482 g/mol. The molecule has 1 N–H and O–H groups in total. The van der Waals surface area contributed by atoms with Gasteiger partial charge in [0.1, 0.15) is 17.3 Å². The first kappa shape index (κ1) is 24.0. The van der Waals surface area contributed by atoms with Crippen molar-refractivity contribution in [1.82, 2.24) is 4.90 Å². The van der Waals surface area contributed by atoms with E-state index in [2.05, 4.69) is 0 Å². The lowest BCUT2D eigenvalue weighted by Crippen LogP contribution is -2.33. The number of ketones is 1. The van der Waals surface area contributed by atoms with E-state index in [1.807, 2.05) is 13.8 Å². The van der Waals surface area contributed by atoms with Crippen molar-refractivity contribution < 1.29 is 28.6 Å². The van der Waals surface area contributed by atoms with Crippen LogP contribution in [0, 0.1) is 5.82 Å². The highest BCUT2D eigenvalue weighted by Crippen LogP contribution is 2.43. The number of carbonyl (C=O) groups is 2. The van der Waals surface area contributed by atoms with Crippen molar-refractivity contribution in [2.24, 2.45) is 0 Å². The SMILES string of the molecule is COc1c(Cl)cc(Cl)cc1/C(O)=C1\C(=O)C(=O)N(CCOC(C)C)C1c1ccccc1F. The number of amides is 1. The molecule has 32 heavy (non-hydrogen) atoms. The van der Waals surface area contributed by atoms with E-state index in [1.165, 1.54) is 42.3 Å². The molecule has 170 valence electrons. The molecule has 1 aliphatic heterocycles. The third kappa shape index (κ3) is 4.60. The zero-order valence-corrected chi connectivity index (χ0v) is 19.2. The van der Waals surface area contributed by atoms with Crippen LogP contribution in [0.1, 0.15) is 31.0 Å².